The zero-order chi connectivity index (χ0) is 28.7. The number of aliphatic hydroxyl groups excluding tert-OH is 3. The second kappa shape index (κ2) is 18.6. The molecule has 0 spiro atoms. The SMILES string of the molecule is CC(O)COC(=O)OC(C)COC(=O)O.CC1CCC(C(C)C)C(O)C1.CC1CCC(C(C)C)C(O)C1. The lowest BCUT2D eigenvalue weighted by molar-refractivity contribution is -0.0159. The van der Waals surface area contributed by atoms with Gasteiger partial charge in [-0.2, -0.15) is 0 Å². The Labute approximate surface area is 223 Å². The van der Waals surface area contributed by atoms with Gasteiger partial charge in [0.15, 0.2) is 0 Å². The van der Waals surface area contributed by atoms with Crippen molar-refractivity contribution in [3.63, 3.8) is 0 Å². The van der Waals surface area contributed by atoms with Crippen LogP contribution in [0.2, 0.25) is 0 Å². The van der Waals surface area contributed by atoms with Crippen LogP contribution in [0.1, 0.15) is 93.9 Å². The van der Waals surface area contributed by atoms with Crippen molar-refractivity contribution in [2.24, 2.45) is 35.5 Å². The van der Waals surface area contributed by atoms with E-state index in [1.807, 2.05) is 0 Å². The lowest BCUT2D eigenvalue weighted by Gasteiger charge is -2.33. The monoisotopic (exact) mass is 534 g/mol. The summed E-state index contributed by atoms with van der Waals surface area (Å²) in [4.78, 5) is 20.8. The molecule has 0 aromatic rings. The van der Waals surface area contributed by atoms with E-state index in [1.54, 1.807) is 0 Å². The van der Waals surface area contributed by atoms with E-state index in [4.69, 9.17) is 10.2 Å². The number of rotatable bonds is 7. The molecule has 2 aliphatic carbocycles. The van der Waals surface area contributed by atoms with Gasteiger partial charge in [0.25, 0.3) is 0 Å². The lowest BCUT2D eigenvalue weighted by atomic mass is 9.75. The third-order valence-corrected chi connectivity index (χ3v) is 7.16. The predicted molar refractivity (Wildman–Crippen MR) is 142 cm³/mol. The summed E-state index contributed by atoms with van der Waals surface area (Å²) in [5.41, 5.74) is 0. The van der Waals surface area contributed by atoms with Gasteiger partial charge in [-0.3, -0.25) is 0 Å². The Kier molecular flexibility index (Phi) is 17.8. The number of aliphatic hydroxyl groups is 3. The number of hydrogen-bond acceptors (Lipinski definition) is 8. The average molecular weight is 535 g/mol. The van der Waals surface area contributed by atoms with Crippen molar-refractivity contribution < 1.29 is 44.2 Å². The van der Waals surface area contributed by atoms with Gasteiger partial charge in [-0.15, -0.1) is 0 Å². The second-order valence-electron chi connectivity index (χ2n) is 11.7. The molecule has 8 atom stereocenters. The van der Waals surface area contributed by atoms with Crippen LogP contribution in [-0.2, 0) is 14.2 Å². The molecule has 0 saturated heterocycles. The molecule has 0 aliphatic heterocycles. The van der Waals surface area contributed by atoms with E-state index < -0.39 is 24.5 Å². The average Bonchev–Trinajstić information content (AvgIpc) is 2.76. The Morgan fingerprint density at radius 2 is 1.19 bits per heavy atom. The minimum absolute atomic E-state index is 0.0289. The lowest BCUT2D eigenvalue weighted by Crippen LogP contribution is -2.31. The highest BCUT2D eigenvalue weighted by Crippen LogP contribution is 2.34. The van der Waals surface area contributed by atoms with Crippen molar-refractivity contribution >= 4 is 12.3 Å². The van der Waals surface area contributed by atoms with Gasteiger partial charge in [0.05, 0.1) is 18.3 Å². The normalized spacial score (nSPS) is 29.1. The molecular formula is C28H54O9. The number of ether oxygens (including phenoxy) is 3. The van der Waals surface area contributed by atoms with Crippen LogP contribution in [0.5, 0.6) is 0 Å². The summed E-state index contributed by atoms with van der Waals surface area (Å²) in [5.74, 6) is 3.90. The molecule has 2 fully saturated rings. The Morgan fingerprint density at radius 1 is 0.757 bits per heavy atom. The van der Waals surface area contributed by atoms with E-state index in [9.17, 15) is 19.8 Å². The molecule has 0 aromatic heterocycles. The number of carboxylic acid groups (broad SMARTS) is 1. The fourth-order valence-electron chi connectivity index (χ4n) is 4.91. The summed E-state index contributed by atoms with van der Waals surface area (Å²) in [6, 6.07) is 0. The quantitative estimate of drug-likeness (QED) is 0.312. The molecule has 0 radical (unpaired) electrons. The smallest absolute Gasteiger partial charge is 0.450 e. The molecule has 0 heterocycles. The highest BCUT2D eigenvalue weighted by Gasteiger charge is 2.29. The summed E-state index contributed by atoms with van der Waals surface area (Å²) in [7, 11) is 0. The zero-order valence-electron chi connectivity index (χ0n) is 24.3. The van der Waals surface area contributed by atoms with Crippen molar-refractivity contribution in [3.05, 3.63) is 0 Å². The van der Waals surface area contributed by atoms with E-state index in [0.717, 1.165) is 24.7 Å². The van der Waals surface area contributed by atoms with Crippen molar-refractivity contribution in [3.8, 4) is 0 Å². The standard InChI is InChI=1S/2C10H20O.C8H14O7/c2*1-7(2)9-5-4-8(3)6-10(9)11;1-5(9)3-14-8(12)15-6(2)4-13-7(10)11/h2*7-11H,4-6H2,1-3H3;5-6,9H,3-4H2,1-2H3,(H,10,11). The van der Waals surface area contributed by atoms with Gasteiger partial charge >= 0.3 is 12.3 Å². The highest BCUT2D eigenvalue weighted by molar-refractivity contribution is 5.60. The largest absolute Gasteiger partial charge is 0.508 e. The highest BCUT2D eigenvalue weighted by atomic mass is 16.7. The number of carbonyl (C=O) groups is 2. The van der Waals surface area contributed by atoms with Crippen LogP contribution < -0.4 is 0 Å². The third kappa shape index (κ3) is 16.8. The van der Waals surface area contributed by atoms with Crippen molar-refractivity contribution in [2.75, 3.05) is 13.2 Å². The van der Waals surface area contributed by atoms with E-state index >= 15 is 0 Å². The second-order valence-corrected chi connectivity index (χ2v) is 11.7. The number of carbonyl (C=O) groups excluding carboxylic acids is 1. The first-order valence-electron chi connectivity index (χ1n) is 13.9. The fraction of sp³-hybridized carbons (Fsp3) is 0.929. The van der Waals surface area contributed by atoms with Gasteiger partial charge in [0.1, 0.15) is 19.3 Å². The topological polar surface area (TPSA) is 143 Å². The maximum absolute atomic E-state index is 10.8. The Morgan fingerprint density at radius 3 is 1.51 bits per heavy atom. The summed E-state index contributed by atoms with van der Waals surface area (Å²) in [6.45, 7) is 15.8. The summed E-state index contributed by atoms with van der Waals surface area (Å²) in [5, 5.41) is 36.3. The molecule has 220 valence electrons. The van der Waals surface area contributed by atoms with Crippen LogP contribution in [-0.4, -0.2) is 70.4 Å². The zero-order valence-corrected chi connectivity index (χ0v) is 24.3. The Hall–Kier alpha value is -1.58. The Balaban J connectivity index is 0.000000534. The van der Waals surface area contributed by atoms with Gasteiger partial charge in [0.2, 0.25) is 0 Å². The van der Waals surface area contributed by atoms with Crippen molar-refractivity contribution in [1.29, 1.82) is 0 Å². The predicted octanol–water partition coefficient (Wildman–Crippen LogP) is 5.48. The van der Waals surface area contributed by atoms with Crippen molar-refractivity contribution in [1.82, 2.24) is 0 Å². The molecule has 0 amide bonds. The van der Waals surface area contributed by atoms with Crippen LogP contribution in [0.15, 0.2) is 0 Å². The van der Waals surface area contributed by atoms with Crippen molar-refractivity contribution in [2.45, 2.75) is 118 Å². The van der Waals surface area contributed by atoms with E-state index in [-0.39, 0.29) is 25.4 Å². The van der Waals surface area contributed by atoms with Crippen LogP contribution in [0, 0.1) is 35.5 Å². The summed E-state index contributed by atoms with van der Waals surface area (Å²) in [6.07, 6.45) is 3.11. The fourth-order valence-corrected chi connectivity index (χ4v) is 4.91. The van der Waals surface area contributed by atoms with E-state index in [0.29, 0.717) is 23.7 Å². The molecule has 0 bridgehead atoms. The molecule has 2 aliphatic rings. The van der Waals surface area contributed by atoms with Gasteiger partial charge in [-0.25, -0.2) is 9.59 Å². The van der Waals surface area contributed by atoms with Crippen LogP contribution in [0.25, 0.3) is 0 Å². The molecule has 2 rings (SSSR count). The van der Waals surface area contributed by atoms with Gasteiger partial charge in [-0.1, -0.05) is 54.4 Å². The molecular weight excluding hydrogens is 480 g/mol. The number of hydrogen-bond donors (Lipinski definition) is 4. The third-order valence-electron chi connectivity index (χ3n) is 7.16. The first-order valence-corrected chi connectivity index (χ1v) is 13.9. The molecule has 37 heavy (non-hydrogen) atoms. The van der Waals surface area contributed by atoms with Gasteiger partial charge in [0, 0.05) is 0 Å². The Bertz CT molecular complexity index is 593. The van der Waals surface area contributed by atoms with E-state index in [1.165, 1.54) is 39.5 Å². The maximum Gasteiger partial charge on any atom is 0.508 e. The van der Waals surface area contributed by atoms with E-state index in [2.05, 4.69) is 55.8 Å². The molecule has 9 nitrogen and oxygen atoms in total. The van der Waals surface area contributed by atoms with Crippen LogP contribution >= 0.6 is 0 Å². The van der Waals surface area contributed by atoms with Crippen LogP contribution in [0.4, 0.5) is 9.59 Å². The maximum atomic E-state index is 10.8. The summed E-state index contributed by atoms with van der Waals surface area (Å²) < 4.78 is 13.2. The molecule has 8 unspecified atom stereocenters. The minimum atomic E-state index is -1.44. The van der Waals surface area contributed by atoms with Crippen LogP contribution in [0.3, 0.4) is 0 Å². The molecule has 2 saturated carbocycles. The molecule has 0 aromatic carbocycles. The minimum Gasteiger partial charge on any atom is -0.450 e. The molecule has 9 heteroatoms. The summed E-state index contributed by atoms with van der Waals surface area (Å²) >= 11 is 0. The molecule has 4 N–H and O–H groups in total. The first-order chi connectivity index (χ1) is 17.1. The van der Waals surface area contributed by atoms with Gasteiger partial charge < -0.3 is 34.6 Å². The first kappa shape index (κ1) is 35.4. The van der Waals surface area contributed by atoms with Gasteiger partial charge in [-0.05, 0) is 75.0 Å².